The molecule has 0 saturated heterocycles. The molecule has 2 aromatic heterocycles. The van der Waals surface area contributed by atoms with E-state index in [0.717, 1.165) is 17.3 Å². The number of fused-ring (bicyclic) bond motifs is 1. The van der Waals surface area contributed by atoms with Crippen LogP contribution < -0.4 is 0 Å². The summed E-state index contributed by atoms with van der Waals surface area (Å²) >= 11 is 1.55. The van der Waals surface area contributed by atoms with E-state index in [-0.39, 0.29) is 0 Å². The normalized spacial score (nSPS) is 11.3. The summed E-state index contributed by atoms with van der Waals surface area (Å²) in [5, 5.41) is 5.23. The van der Waals surface area contributed by atoms with Gasteiger partial charge in [0.05, 0.1) is 0 Å². The van der Waals surface area contributed by atoms with Crippen LogP contribution in [0, 0.1) is 13.8 Å². The molecule has 0 fully saturated rings. The van der Waals surface area contributed by atoms with Crippen molar-refractivity contribution in [3.05, 3.63) is 17.0 Å². The van der Waals surface area contributed by atoms with Gasteiger partial charge in [0.1, 0.15) is 0 Å². The van der Waals surface area contributed by atoms with E-state index in [4.69, 9.17) is 0 Å². The Morgan fingerprint density at radius 1 is 1.24 bits per heavy atom. The SMILES string of the molecule is CCCCc1c(C)nc2nc(SC)nn2c1C. The van der Waals surface area contributed by atoms with Gasteiger partial charge in [-0.25, -0.2) is 9.50 Å². The van der Waals surface area contributed by atoms with Crippen molar-refractivity contribution < 1.29 is 0 Å². The summed E-state index contributed by atoms with van der Waals surface area (Å²) in [4.78, 5) is 8.91. The van der Waals surface area contributed by atoms with E-state index in [2.05, 4.69) is 35.8 Å². The molecule has 0 spiro atoms. The highest BCUT2D eigenvalue weighted by Crippen LogP contribution is 2.18. The quantitative estimate of drug-likeness (QED) is 0.783. The van der Waals surface area contributed by atoms with Gasteiger partial charge in [0, 0.05) is 11.4 Å². The molecule has 0 bridgehead atoms. The number of unbranched alkanes of at least 4 members (excludes halogenated alkanes) is 1. The lowest BCUT2D eigenvalue weighted by atomic mass is 10.1. The van der Waals surface area contributed by atoms with Crippen LogP contribution in [0.1, 0.15) is 36.7 Å². The highest BCUT2D eigenvalue weighted by molar-refractivity contribution is 7.98. The van der Waals surface area contributed by atoms with Crippen LogP contribution in [-0.2, 0) is 6.42 Å². The lowest BCUT2D eigenvalue weighted by Gasteiger charge is -2.09. The molecule has 2 heterocycles. The summed E-state index contributed by atoms with van der Waals surface area (Å²) in [5.74, 6) is 0.713. The van der Waals surface area contributed by atoms with Crippen LogP contribution in [0.5, 0.6) is 0 Å². The summed E-state index contributed by atoms with van der Waals surface area (Å²) in [5.41, 5.74) is 3.58. The van der Waals surface area contributed by atoms with E-state index in [9.17, 15) is 0 Å². The molecule has 0 aromatic carbocycles. The first-order chi connectivity index (χ1) is 8.17. The molecule has 92 valence electrons. The van der Waals surface area contributed by atoms with Gasteiger partial charge in [0.25, 0.3) is 5.78 Å². The van der Waals surface area contributed by atoms with Crippen molar-refractivity contribution in [1.82, 2.24) is 19.6 Å². The van der Waals surface area contributed by atoms with Gasteiger partial charge in [-0.15, -0.1) is 5.10 Å². The Morgan fingerprint density at radius 3 is 2.65 bits per heavy atom. The molecular formula is C12H18N4S. The minimum absolute atomic E-state index is 0.713. The van der Waals surface area contributed by atoms with Gasteiger partial charge >= 0.3 is 0 Å². The molecule has 17 heavy (non-hydrogen) atoms. The van der Waals surface area contributed by atoms with Crippen LogP contribution in [0.25, 0.3) is 5.78 Å². The van der Waals surface area contributed by atoms with E-state index < -0.39 is 0 Å². The highest BCUT2D eigenvalue weighted by atomic mass is 32.2. The van der Waals surface area contributed by atoms with Crippen LogP contribution in [0.15, 0.2) is 5.16 Å². The number of aryl methyl sites for hydroxylation is 2. The zero-order chi connectivity index (χ0) is 12.4. The molecule has 0 amide bonds. The molecule has 2 aromatic rings. The molecule has 0 aliphatic rings. The average molecular weight is 250 g/mol. The third-order valence-electron chi connectivity index (χ3n) is 2.99. The Labute approximate surface area is 106 Å². The Morgan fingerprint density at radius 2 is 2.00 bits per heavy atom. The number of aromatic nitrogens is 4. The van der Waals surface area contributed by atoms with Crippen molar-refractivity contribution in [2.45, 2.75) is 45.2 Å². The molecule has 0 aliphatic heterocycles. The summed E-state index contributed by atoms with van der Waals surface area (Å²) in [6.07, 6.45) is 5.45. The van der Waals surface area contributed by atoms with Gasteiger partial charge in [0.15, 0.2) is 0 Å². The molecule has 0 unspecified atom stereocenters. The molecule has 5 heteroatoms. The smallest absolute Gasteiger partial charge is 0.216 e. The van der Waals surface area contributed by atoms with Crippen molar-refractivity contribution in [2.75, 3.05) is 6.26 Å². The second kappa shape index (κ2) is 5.04. The van der Waals surface area contributed by atoms with Crippen molar-refractivity contribution in [3.63, 3.8) is 0 Å². The highest BCUT2D eigenvalue weighted by Gasteiger charge is 2.12. The standard InChI is InChI=1S/C12H18N4S/c1-5-6-7-10-8(2)13-11-14-12(17-4)15-16(11)9(10)3/h5-7H2,1-4H3. The zero-order valence-electron chi connectivity index (χ0n) is 10.8. The third-order valence-corrected chi connectivity index (χ3v) is 3.53. The maximum Gasteiger partial charge on any atom is 0.253 e. The Kier molecular flexibility index (Phi) is 3.66. The fourth-order valence-corrected chi connectivity index (χ4v) is 2.33. The van der Waals surface area contributed by atoms with Crippen LogP contribution >= 0.6 is 11.8 Å². The zero-order valence-corrected chi connectivity index (χ0v) is 11.6. The first-order valence-electron chi connectivity index (χ1n) is 5.94. The fourth-order valence-electron chi connectivity index (χ4n) is 1.99. The van der Waals surface area contributed by atoms with E-state index in [0.29, 0.717) is 5.78 Å². The van der Waals surface area contributed by atoms with Gasteiger partial charge < -0.3 is 0 Å². The number of hydrogen-bond donors (Lipinski definition) is 0. The minimum atomic E-state index is 0.713. The largest absolute Gasteiger partial charge is 0.253 e. The molecule has 0 atom stereocenters. The van der Waals surface area contributed by atoms with Crippen molar-refractivity contribution >= 4 is 17.5 Å². The minimum Gasteiger partial charge on any atom is -0.216 e. The first kappa shape index (κ1) is 12.4. The second-order valence-electron chi connectivity index (χ2n) is 4.18. The molecule has 4 nitrogen and oxygen atoms in total. The molecule has 0 aliphatic carbocycles. The predicted molar refractivity (Wildman–Crippen MR) is 70.6 cm³/mol. The molecule has 0 N–H and O–H groups in total. The van der Waals surface area contributed by atoms with Crippen LogP contribution in [-0.4, -0.2) is 25.8 Å². The topological polar surface area (TPSA) is 43.1 Å². The number of thioether (sulfide) groups is 1. The summed E-state index contributed by atoms with van der Waals surface area (Å²) in [6.45, 7) is 6.37. The van der Waals surface area contributed by atoms with Crippen molar-refractivity contribution in [2.24, 2.45) is 0 Å². The molecule has 0 saturated carbocycles. The Hall–Kier alpha value is -1.10. The monoisotopic (exact) mass is 250 g/mol. The van der Waals surface area contributed by atoms with Crippen molar-refractivity contribution in [3.8, 4) is 0 Å². The van der Waals surface area contributed by atoms with Gasteiger partial charge in [0.2, 0.25) is 5.16 Å². The van der Waals surface area contributed by atoms with Gasteiger partial charge in [-0.3, -0.25) is 0 Å². The predicted octanol–water partition coefficient (Wildman–Crippen LogP) is 2.81. The van der Waals surface area contributed by atoms with E-state index in [1.54, 1.807) is 11.8 Å². The molecule has 0 radical (unpaired) electrons. The Bertz CT molecular complexity index is 533. The van der Waals surface area contributed by atoms with Gasteiger partial charge in [-0.1, -0.05) is 25.1 Å². The number of hydrogen-bond acceptors (Lipinski definition) is 4. The van der Waals surface area contributed by atoms with E-state index in [1.165, 1.54) is 24.1 Å². The summed E-state index contributed by atoms with van der Waals surface area (Å²) in [7, 11) is 0. The van der Waals surface area contributed by atoms with Crippen LogP contribution in [0.3, 0.4) is 0 Å². The second-order valence-corrected chi connectivity index (χ2v) is 4.95. The lowest BCUT2D eigenvalue weighted by molar-refractivity contribution is 0.754. The summed E-state index contributed by atoms with van der Waals surface area (Å²) < 4.78 is 1.86. The third kappa shape index (κ3) is 2.29. The Balaban J connectivity index is 2.53. The van der Waals surface area contributed by atoms with Gasteiger partial charge in [-0.2, -0.15) is 4.98 Å². The fraction of sp³-hybridized carbons (Fsp3) is 0.583. The summed E-state index contributed by atoms with van der Waals surface area (Å²) in [6, 6.07) is 0. The molecule has 2 rings (SSSR count). The maximum atomic E-state index is 4.53. The van der Waals surface area contributed by atoms with Crippen molar-refractivity contribution in [1.29, 1.82) is 0 Å². The molecular weight excluding hydrogens is 232 g/mol. The van der Waals surface area contributed by atoms with Gasteiger partial charge in [-0.05, 0) is 38.5 Å². The van der Waals surface area contributed by atoms with Crippen LogP contribution in [0.2, 0.25) is 0 Å². The maximum absolute atomic E-state index is 4.53. The lowest BCUT2D eigenvalue weighted by Crippen LogP contribution is -2.05. The first-order valence-corrected chi connectivity index (χ1v) is 7.16. The number of rotatable bonds is 4. The van der Waals surface area contributed by atoms with E-state index >= 15 is 0 Å². The average Bonchev–Trinajstić information content (AvgIpc) is 2.72. The van der Waals surface area contributed by atoms with Crippen LogP contribution in [0.4, 0.5) is 0 Å². The van der Waals surface area contributed by atoms with E-state index in [1.807, 2.05) is 10.8 Å². The number of nitrogens with zero attached hydrogens (tertiary/aromatic N) is 4.